The van der Waals surface area contributed by atoms with Crippen molar-refractivity contribution < 1.29 is 0 Å². The van der Waals surface area contributed by atoms with Crippen molar-refractivity contribution in [1.29, 1.82) is 5.26 Å². The van der Waals surface area contributed by atoms with E-state index in [-0.39, 0.29) is 0 Å². The Hall–Kier alpha value is -0.980. The Kier molecular flexibility index (Phi) is 5.04. The van der Waals surface area contributed by atoms with E-state index in [1.54, 1.807) is 11.8 Å². The smallest absolute Gasteiger partial charge is 0.113 e. The van der Waals surface area contributed by atoms with Gasteiger partial charge in [0.05, 0.1) is 6.07 Å². The maximum atomic E-state index is 9.24. The lowest BCUT2D eigenvalue weighted by molar-refractivity contribution is 0.443. The number of nitriles is 1. The average molecular weight is 248 g/mol. The zero-order chi connectivity index (χ0) is 12.9. The van der Waals surface area contributed by atoms with Gasteiger partial charge in [-0.3, -0.25) is 5.32 Å². The summed E-state index contributed by atoms with van der Waals surface area (Å²) in [6.07, 6.45) is 0. The van der Waals surface area contributed by atoms with Crippen LogP contribution in [0.15, 0.2) is 29.2 Å². The molecule has 0 radical (unpaired) electrons. The molecule has 0 aliphatic rings. The van der Waals surface area contributed by atoms with Crippen LogP contribution < -0.4 is 5.32 Å². The lowest BCUT2D eigenvalue weighted by Gasteiger charge is -2.25. The summed E-state index contributed by atoms with van der Waals surface area (Å²) in [6, 6.07) is 11.1. The Balaban J connectivity index is 2.62. The lowest BCUT2D eigenvalue weighted by Crippen LogP contribution is -2.47. The number of rotatable bonds is 5. The van der Waals surface area contributed by atoms with E-state index in [1.807, 2.05) is 6.92 Å². The second-order valence-electron chi connectivity index (χ2n) is 4.85. The van der Waals surface area contributed by atoms with Crippen molar-refractivity contribution in [3.8, 4) is 6.07 Å². The van der Waals surface area contributed by atoms with Gasteiger partial charge in [0.2, 0.25) is 0 Å². The van der Waals surface area contributed by atoms with Gasteiger partial charge in [0.15, 0.2) is 0 Å². The van der Waals surface area contributed by atoms with E-state index in [0.29, 0.717) is 6.04 Å². The van der Waals surface area contributed by atoms with E-state index < -0.39 is 5.54 Å². The first-order chi connectivity index (χ1) is 7.95. The van der Waals surface area contributed by atoms with Crippen LogP contribution in [0.2, 0.25) is 0 Å². The molecule has 1 N–H and O–H groups in total. The van der Waals surface area contributed by atoms with E-state index in [0.717, 1.165) is 5.75 Å². The maximum Gasteiger partial charge on any atom is 0.113 e. The zero-order valence-electron chi connectivity index (χ0n) is 10.9. The summed E-state index contributed by atoms with van der Waals surface area (Å²) in [5.74, 6) is 0.755. The van der Waals surface area contributed by atoms with Crippen molar-refractivity contribution in [1.82, 2.24) is 5.32 Å². The number of nitrogens with zero attached hydrogens (tertiary/aromatic N) is 1. The molecule has 1 aromatic rings. The summed E-state index contributed by atoms with van der Waals surface area (Å²) >= 11 is 1.72. The molecular formula is C14H20N2S. The number of nitrogens with one attached hydrogen (secondary N) is 1. The lowest BCUT2D eigenvalue weighted by atomic mass is 10.1. The number of hydrogen-bond acceptors (Lipinski definition) is 3. The van der Waals surface area contributed by atoms with Crippen molar-refractivity contribution >= 4 is 11.8 Å². The summed E-state index contributed by atoms with van der Waals surface area (Å²) in [7, 11) is 0. The Morgan fingerprint density at radius 2 is 2.18 bits per heavy atom. The molecule has 0 heterocycles. The molecule has 1 aromatic carbocycles. The number of aryl methyl sites for hydroxylation is 1. The molecule has 0 amide bonds. The first kappa shape index (κ1) is 14.1. The molecule has 0 aromatic heterocycles. The molecule has 1 atom stereocenters. The second kappa shape index (κ2) is 6.09. The minimum atomic E-state index is -0.470. The van der Waals surface area contributed by atoms with Gasteiger partial charge in [-0.05, 0) is 39.8 Å². The van der Waals surface area contributed by atoms with Crippen LogP contribution >= 0.6 is 11.8 Å². The van der Waals surface area contributed by atoms with Crippen molar-refractivity contribution in [2.24, 2.45) is 0 Å². The molecule has 0 aliphatic carbocycles. The monoisotopic (exact) mass is 248 g/mol. The van der Waals surface area contributed by atoms with E-state index in [4.69, 9.17) is 0 Å². The van der Waals surface area contributed by atoms with E-state index in [1.165, 1.54) is 10.5 Å². The number of hydrogen-bond donors (Lipinski definition) is 1. The highest BCUT2D eigenvalue weighted by Gasteiger charge is 2.24. The predicted octanol–water partition coefficient (Wildman–Crippen LogP) is 3.37. The van der Waals surface area contributed by atoms with Crippen LogP contribution in [0.25, 0.3) is 0 Å². The fourth-order valence-electron chi connectivity index (χ4n) is 1.68. The first-order valence-electron chi connectivity index (χ1n) is 5.83. The quantitative estimate of drug-likeness (QED) is 0.812. The molecule has 0 fully saturated rings. The van der Waals surface area contributed by atoms with Crippen molar-refractivity contribution in [2.75, 3.05) is 5.75 Å². The summed E-state index contributed by atoms with van der Waals surface area (Å²) in [5.41, 5.74) is 0.785. The molecular weight excluding hydrogens is 228 g/mol. The molecule has 1 rings (SSSR count). The Morgan fingerprint density at radius 1 is 1.47 bits per heavy atom. The molecule has 2 nitrogen and oxygen atoms in total. The summed E-state index contributed by atoms with van der Waals surface area (Å²) in [6.45, 7) is 8.16. The molecule has 1 unspecified atom stereocenters. The van der Waals surface area contributed by atoms with Gasteiger partial charge in [-0.25, -0.2) is 0 Å². The normalized spacial score (nSPS) is 14.4. The van der Waals surface area contributed by atoms with Gasteiger partial charge >= 0.3 is 0 Å². The number of thioether (sulfide) groups is 1. The number of benzene rings is 1. The van der Waals surface area contributed by atoms with E-state index >= 15 is 0 Å². The van der Waals surface area contributed by atoms with Crippen LogP contribution in [-0.4, -0.2) is 17.3 Å². The SMILES string of the molecule is Cc1cccc(SCC(C)(C#N)NC(C)C)c1. The van der Waals surface area contributed by atoms with Gasteiger partial charge in [-0.15, -0.1) is 11.8 Å². The summed E-state index contributed by atoms with van der Waals surface area (Å²) < 4.78 is 0. The van der Waals surface area contributed by atoms with Crippen molar-refractivity contribution in [3.05, 3.63) is 29.8 Å². The Morgan fingerprint density at radius 3 is 2.71 bits per heavy atom. The van der Waals surface area contributed by atoms with E-state index in [9.17, 15) is 5.26 Å². The largest absolute Gasteiger partial charge is 0.297 e. The van der Waals surface area contributed by atoms with Crippen molar-refractivity contribution in [3.63, 3.8) is 0 Å². The van der Waals surface area contributed by atoms with Crippen LogP contribution in [-0.2, 0) is 0 Å². The van der Waals surface area contributed by atoms with Crippen molar-refractivity contribution in [2.45, 2.75) is 44.2 Å². The van der Waals surface area contributed by atoms with Crippen LogP contribution in [0.1, 0.15) is 26.3 Å². The summed E-state index contributed by atoms with van der Waals surface area (Å²) in [4.78, 5) is 1.22. The molecule has 0 spiro atoms. The van der Waals surface area contributed by atoms with Gasteiger partial charge < -0.3 is 0 Å². The molecule has 0 saturated heterocycles. The molecule has 17 heavy (non-hydrogen) atoms. The van der Waals surface area contributed by atoms with Gasteiger partial charge in [-0.1, -0.05) is 17.7 Å². The predicted molar refractivity (Wildman–Crippen MR) is 74.2 cm³/mol. The van der Waals surface area contributed by atoms with Gasteiger partial charge in [0, 0.05) is 16.7 Å². The highest BCUT2D eigenvalue weighted by molar-refractivity contribution is 7.99. The highest BCUT2D eigenvalue weighted by atomic mass is 32.2. The van der Waals surface area contributed by atoms with Crippen LogP contribution in [0.3, 0.4) is 0 Å². The minimum Gasteiger partial charge on any atom is -0.297 e. The van der Waals surface area contributed by atoms with Crippen LogP contribution in [0, 0.1) is 18.3 Å². The van der Waals surface area contributed by atoms with E-state index in [2.05, 4.69) is 56.4 Å². The van der Waals surface area contributed by atoms with Crippen LogP contribution in [0.4, 0.5) is 0 Å². The maximum absolute atomic E-state index is 9.24. The summed E-state index contributed by atoms with van der Waals surface area (Å²) in [5, 5.41) is 12.5. The zero-order valence-corrected chi connectivity index (χ0v) is 11.8. The Bertz CT molecular complexity index is 409. The molecule has 0 saturated carbocycles. The molecule has 92 valence electrons. The van der Waals surface area contributed by atoms with Gasteiger partial charge in [-0.2, -0.15) is 5.26 Å². The molecule has 0 aliphatic heterocycles. The van der Waals surface area contributed by atoms with Crippen LogP contribution in [0.5, 0.6) is 0 Å². The third-order valence-electron chi connectivity index (χ3n) is 2.37. The first-order valence-corrected chi connectivity index (χ1v) is 6.82. The highest BCUT2D eigenvalue weighted by Crippen LogP contribution is 2.23. The average Bonchev–Trinajstić information content (AvgIpc) is 2.26. The fraction of sp³-hybridized carbons (Fsp3) is 0.500. The molecule has 3 heteroatoms. The standard InChI is InChI=1S/C14H20N2S/c1-11(2)16-14(4,9-15)10-17-13-7-5-6-12(3)8-13/h5-8,11,16H,10H2,1-4H3. The second-order valence-corrected chi connectivity index (χ2v) is 5.90. The Labute approximate surface area is 108 Å². The third-order valence-corrected chi connectivity index (χ3v) is 3.68. The minimum absolute atomic E-state index is 0.317. The van der Waals surface area contributed by atoms with Gasteiger partial charge in [0.1, 0.15) is 5.54 Å². The molecule has 0 bridgehead atoms. The van der Waals surface area contributed by atoms with Gasteiger partial charge in [0.25, 0.3) is 0 Å². The third kappa shape index (κ3) is 4.80. The fourth-order valence-corrected chi connectivity index (χ4v) is 2.72. The topological polar surface area (TPSA) is 35.8 Å².